The second-order valence-corrected chi connectivity index (χ2v) is 6.36. The molecule has 1 atom stereocenters. The molecule has 0 aromatic heterocycles. The van der Waals surface area contributed by atoms with Crippen molar-refractivity contribution in [3.63, 3.8) is 0 Å². The van der Waals surface area contributed by atoms with Gasteiger partial charge in [0.05, 0.1) is 12.7 Å². The SMILES string of the molecule is COc1ccc(C(=O)NC(CCOC(C)(C)C)C(=O)O)cc1OC(F)F. The molecule has 1 rings (SSSR count). The lowest BCUT2D eigenvalue weighted by Gasteiger charge is -2.21. The molecule has 1 unspecified atom stereocenters. The predicted molar refractivity (Wildman–Crippen MR) is 88.8 cm³/mol. The summed E-state index contributed by atoms with van der Waals surface area (Å²) in [5.74, 6) is -2.27. The van der Waals surface area contributed by atoms with Crippen LogP contribution in [0.5, 0.6) is 11.5 Å². The van der Waals surface area contributed by atoms with Gasteiger partial charge in [-0.15, -0.1) is 0 Å². The molecule has 9 heteroatoms. The minimum absolute atomic E-state index is 0.0233. The number of benzene rings is 1. The Morgan fingerprint density at radius 2 is 1.88 bits per heavy atom. The Morgan fingerprint density at radius 3 is 2.38 bits per heavy atom. The second kappa shape index (κ2) is 9.33. The van der Waals surface area contributed by atoms with E-state index in [-0.39, 0.29) is 30.1 Å². The molecule has 0 radical (unpaired) electrons. The largest absolute Gasteiger partial charge is 0.493 e. The number of carboxylic acids is 1. The Kier molecular flexibility index (Phi) is 7.76. The van der Waals surface area contributed by atoms with Crippen LogP contribution in [0.3, 0.4) is 0 Å². The number of halogens is 2. The van der Waals surface area contributed by atoms with Crippen LogP contribution in [0.2, 0.25) is 0 Å². The highest BCUT2D eigenvalue weighted by molar-refractivity contribution is 5.97. The predicted octanol–water partition coefficient (Wildman–Crippen LogP) is 2.68. The quantitative estimate of drug-likeness (QED) is 0.689. The van der Waals surface area contributed by atoms with Crippen LogP contribution >= 0.6 is 0 Å². The monoisotopic (exact) mass is 375 g/mol. The summed E-state index contributed by atoms with van der Waals surface area (Å²) >= 11 is 0. The third kappa shape index (κ3) is 7.22. The van der Waals surface area contributed by atoms with Crippen molar-refractivity contribution in [2.45, 2.75) is 45.4 Å². The summed E-state index contributed by atoms with van der Waals surface area (Å²) in [6.07, 6.45) is 0.0505. The van der Waals surface area contributed by atoms with Crippen molar-refractivity contribution in [1.82, 2.24) is 5.32 Å². The van der Waals surface area contributed by atoms with Crippen molar-refractivity contribution in [3.8, 4) is 11.5 Å². The number of nitrogens with one attached hydrogen (secondary N) is 1. The van der Waals surface area contributed by atoms with Crippen LogP contribution in [-0.4, -0.2) is 49.0 Å². The number of hydrogen-bond donors (Lipinski definition) is 2. The summed E-state index contributed by atoms with van der Waals surface area (Å²) < 4.78 is 39.6. The van der Waals surface area contributed by atoms with Gasteiger partial charge in [-0.1, -0.05) is 0 Å². The molecule has 0 saturated carbocycles. The maximum atomic E-state index is 12.5. The number of carbonyl (C=O) groups is 2. The zero-order valence-corrected chi connectivity index (χ0v) is 15.0. The van der Waals surface area contributed by atoms with Gasteiger partial charge in [-0.3, -0.25) is 4.79 Å². The van der Waals surface area contributed by atoms with Crippen LogP contribution in [0.1, 0.15) is 37.6 Å². The number of ether oxygens (including phenoxy) is 3. The number of amides is 1. The van der Waals surface area contributed by atoms with Gasteiger partial charge in [-0.2, -0.15) is 8.78 Å². The van der Waals surface area contributed by atoms with Crippen LogP contribution in [0.25, 0.3) is 0 Å². The first kappa shape index (κ1) is 21.6. The number of aliphatic carboxylic acids is 1. The molecule has 0 aliphatic heterocycles. The lowest BCUT2D eigenvalue weighted by atomic mass is 10.1. The Morgan fingerprint density at radius 1 is 1.23 bits per heavy atom. The molecule has 1 aromatic carbocycles. The molecule has 1 amide bonds. The van der Waals surface area contributed by atoms with Crippen molar-refractivity contribution in [2.75, 3.05) is 13.7 Å². The summed E-state index contributed by atoms with van der Waals surface area (Å²) in [4.78, 5) is 23.6. The van der Waals surface area contributed by atoms with E-state index in [0.717, 1.165) is 6.07 Å². The average molecular weight is 375 g/mol. The summed E-state index contributed by atoms with van der Waals surface area (Å²) in [5.41, 5.74) is -0.477. The molecule has 0 heterocycles. The molecule has 0 fully saturated rings. The fourth-order valence-electron chi connectivity index (χ4n) is 1.99. The van der Waals surface area contributed by atoms with Crippen LogP contribution in [-0.2, 0) is 9.53 Å². The summed E-state index contributed by atoms with van der Waals surface area (Å²) in [7, 11) is 1.27. The molecule has 0 saturated heterocycles. The highest BCUT2D eigenvalue weighted by Crippen LogP contribution is 2.29. The molecular weight excluding hydrogens is 352 g/mol. The van der Waals surface area contributed by atoms with E-state index in [1.165, 1.54) is 19.2 Å². The topological polar surface area (TPSA) is 94.1 Å². The van der Waals surface area contributed by atoms with Gasteiger partial charge in [0.2, 0.25) is 0 Å². The molecule has 26 heavy (non-hydrogen) atoms. The zero-order valence-electron chi connectivity index (χ0n) is 15.0. The van der Waals surface area contributed by atoms with Crippen molar-refractivity contribution in [3.05, 3.63) is 23.8 Å². The molecule has 0 aliphatic rings. The Labute approximate surface area is 150 Å². The average Bonchev–Trinajstić information content (AvgIpc) is 2.51. The summed E-state index contributed by atoms with van der Waals surface area (Å²) in [6, 6.07) is 2.47. The van der Waals surface area contributed by atoms with Gasteiger partial charge >= 0.3 is 12.6 Å². The van der Waals surface area contributed by atoms with Gasteiger partial charge in [0.25, 0.3) is 5.91 Å². The fourth-order valence-corrected chi connectivity index (χ4v) is 1.99. The van der Waals surface area contributed by atoms with E-state index in [9.17, 15) is 23.5 Å². The van der Waals surface area contributed by atoms with Crippen LogP contribution in [0.4, 0.5) is 8.78 Å². The molecule has 1 aromatic rings. The van der Waals surface area contributed by atoms with Gasteiger partial charge < -0.3 is 24.6 Å². The number of alkyl halides is 2. The van der Waals surface area contributed by atoms with Crippen LogP contribution in [0.15, 0.2) is 18.2 Å². The molecule has 0 spiro atoms. The summed E-state index contributed by atoms with van der Waals surface area (Å²) in [5, 5.41) is 11.6. The van der Waals surface area contributed by atoms with E-state index >= 15 is 0 Å². The Balaban J connectivity index is 2.84. The lowest BCUT2D eigenvalue weighted by molar-refractivity contribution is -0.140. The van der Waals surface area contributed by atoms with Crippen LogP contribution in [0, 0.1) is 0 Å². The smallest absolute Gasteiger partial charge is 0.387 e. The number of methoxy groups -OCH3 is 1. The molecular formula is C17H23F2NO6. The zero-order chi connectivity index (χ0) is 19.9. The normalized spacial score (nSPS) is 12.6. The first-order valence-corrected chi connectivity index (χ1v) is 7.84. The molecule has 0 bridgehead atoms. The van der Waals surface area contributed by atoms with E-state index in [2.05, 4.69) is 10.1 Å². The third-order valence-electron chi connectivity index (χ3n) is 3.19. The second-order valence-electron chi connectivity index (χ2n) is 6.36. The van der Waals surface area contributed by atoms with E-state index in [1.807, 2.05) is 20.8 Å². The van der Waals surface area contributed by atoms with Gasteiger partial charge in [-0.05, 0) is 39.0 Å². The molecule has 0 aliphatic carbocycles. The van der Waals surface area contributed by atoms with Gasteiger partial charge in [0.1, 0.15) is 6.04 Å². The minimum Gasteiger partial charge on any atom is -0.493 e. The maximum Gasteiger partial charge on any atom is 0.387 e. The van der Waals surface area contributed by atoms with Gasteiger partial charge in [0.15, 0.2) is 11.5 Å². The molecule has 2 N–H and O–H groups in total. The third-order valence-corrected chi connectivity index (χ3v) is 3.19. The van der Waals surface area contributed by atoms with E-state index in [4.69, 9.17) is 9.47 Å². The van der Waals surface area contributed by atoms with E-state index in [1.54, 1.807) is 0 Å². The van der Waals surface area contributed by atoms with Gasteiger partial charge in [-0.25, -0.2) is 4.79 Å². The Hall–Kier alpha value is -2.42. The van der Waals surface area contributed by atoms with Crippen molar-refractivity contribution in [2.24, 2.45) is 0 Å². The summed E-state index contributed by atoms with van der Waals surface area (Å²) in [6.45, 7) is 2.50. The van der Waals surface area contributed by atoms with Gasteiger partial charge in [0, 0.05) is 18.6 Å². The van der Waals surface area contributed by atoms with Crippen molar-refractivity contribution in [1.29, 1.82) is 0 Å². The lowest BCUT2D eigenvalue weighted by Crippen LogP contribution is -2.42. The van der Waals surface area contributed by atoms with Crippen molar-refractivity contribution >= 4 is 11.9 Å². The minimum atomic E-state index is -3.09. The molecule has 146 valence electrons. The maximum absolute atomic E-state index is 12.5. The first-order chi connectivity index (χ1) is 12.0. The molecule has 7 nitrogen and oxygen atoms in total. The first-order valence-electron chi connectivity index (χ1n) is 7.84. The Bertz CT molecular complexity index is 630. The number of carboxylic acid groups (broad SMARTS) is 1. The highest BCUT2D eigenvalue weighted by atomic mass is 19.3. The number of carbonyl (C=O) groups excluding carboxylic acids is 1. The van der Waals surface area contributed by atoms with Crippen LogP contribution < -0.4 is 14.8 Å². The standard InChI is InChI=1S/C17H23F2NO6/c1-17(2,3)25-8-7-11(15(22)23)20-14(21)10-5-6-12(24-4)13(9-10)26-16(18)19/h5-6,9,11,16H,7-8H2,1-4H3,(H,20,21)(H,22,23). The fraction of sp³-hybridized carbons (Fsp3) is 0.529. The van der Waals surface area contributed by atoms with E-state index in [0.29, 0.717) is 0 Å². The number of hydrogen-bond acceptors (Lipinski definition) is 5. The van der Waals surface area contributed by atoms with Crippen molar-refractivity contribution < 1.29 is 37.7 Å². The van der Waals surface area contributed by atoms with E-state index < -0.39 is 30.1 Å². The number of rotatable bonds is 9. The highest BCUT2D eigenvalue weighted by Gasteiger charge is 2.23.